The molecule has 4 aromatic carbocycles. The summed E-state index contributed by atoms with van der Waals surface area (Å²) in [6.07, 6.45) is 3.24. The minimum Gasteiger partial charge on any atom is -0.485 e. The van der Waals surface area contributed by atoms with Crippen LogP contribution < -0.4 is 9.75 Å². The lowest BCUT2D eigenvalue weighted by Gasteiger charge is -2.33. The van der Waals surface area contributed by atoms with Gasteiger partial charge < -0.3 is 4.74 Å². The predicted molar refractivity (Wildman–Crippen MR) is 161 cm³/mol. The van der Waals surface area contributed by atoms with Crippen LogP contribution in [0.2, 0.25) is 0 Å². The highest BCUT2D eigenvalue weighted by Crippen LogP contribution is 2.45. The minimum absolute atomic E-state index is 0.116. The van der Waals surface area contributed by atoms with Gasteiger partial charge in [-0.3, -0.25) is 9.78 Å². The molecule has 0 radical (unpaired) electrons. The molecule has 41 heavy (non-hydrogen) atoms. The molecule has 7 nitrogen and oxygen atoms in total. The van der Waals surface area contributed by atoms with Crippen LogP contribution in [0.5, 0.6) is 5.75 Å². The summed E-state index contributed by atoms with van der Waals surface area (Å²) in [5, 5.41) is 13.4. The van der Waals surface area contributed by atoms with Crippen LogP contribution in [-0.4, -0.2) is 25.8 Å². The molecule has 6 aromatic rings. The first-order chi connectivity index (χ1) is 20.3. The monoisotopic (exact) mass is 553 g/mol. The molecular weight excluding hydrogens is 530 g/mol. The van der Waals surface area contributed by atoms with E-state index in [9.17, 15) is 4.79 Å². The van der Waals surface area contributed by atoms with Gasteiger partial charge in [-0.2, -0.15) is 0 Å². The summed E-state index contributed by atoms with van der Waals surface area (Å²) in [5.74, 6) is 1.01. The van der Waals surface area contributed by atoms with E-state index >= 15 is 0 Å². The summed E-state index contributed by atoms with van der Waals surface area (Å²) >= 11 is 1.48. The molecule has 1 amide bonds. The molecule has 2 aromatic heterocycles. The second-order valence-electron chi connectivity index (χ2n) is 9.34. The highest BCUT2D eigenvalue weighted by atomic mass is 32.2. The molecule has 1 aliphatic rings. The standard InChI is InChI=1S/C33H23N5O2S/c39-32(26-18-20-34-21-19-26)38-30(24-11-3-1-4-12-24)31(25-13-5-2-6-14-25)41-33-36-35-29(37(33)38)22-40-28-17-9-15-23-10-7-8-16-27(23)28/h1-21H,22H2. The number of fused-ring (bicyclic) bond motifs is 2. The van der Waals surface area contributed by atoms with Gasteiger partial charge >= 0.3 is 0 Å². The fourth-order valence-corrected chi connectivity index (χ4v) is 5.99. The molecule has 0 bridgehead atoms. The maximum absolute atomic E-state index is 14.4. The second-order valence-corrected chi connectivity index (χ2v) is 10.3. The third kappa shape index (κ3) is 4.64. The van der Waals surface area contributed by atoms with E-state index in [0.29, 0.717) is 16.5 Å². The average molecular weight is 554 g/mol. The van der Waals surface area contributed by atoms with Gasteiger partial charge in [-0.15, -0.1) is 10.2 Å². The first kappa shape index (κ1) is 24.8. The number of ether oxygens (including phenoxy) is 1. The van der Waals surface area contributed by atoms with Crippen molar-refractivity contribution in [3.8, 4) is 5.75 Å². The van der Waals surface area contributed by atoms with Gasteiger partial charge in [0.2, 0.25) is 5.16 Å². The Kier molecular flexibility index (Phi) is 6.50. The molecule has 0 aliphatic carbocycles. The van der Waals surface area contributed by atoms with Gasteiger partial charge in [0, 0.05) is 33.8 Å². The zero-order valence-corrected chi connectivity index (χ0v) is 22.6. The Morgan fingerprint density at radius 2 is 1.41 bits per heavy atom. The maximum Gasteiger partial charge on any atom is 0.277 e. The second kappa shape index (κ2) is 10.7. The minimum atomic E-state index is -0.229. The van der Waals surface area contributed by atoms with E-state index in [2.05, 4.69) is 27.3 Å². The molecule has 0 saturated heterocycles. The Bertz CT molecular complexity index is 1880. The number of hydrogen-bond donors (Lipinski definition) is 0. The van der Waals surface area contributed by atoms with Crippen molar-refractivity contribution in [2.45, 2.75) is 11.8 Å². The maximum atomic E-state index is 14.4. The quantitative estimate of drug-likeness (QED) is 0.226. The summed E-state index contributed by atoms with van der Waals surface area (Å²) in [7, 11) is 0. The topological polar surface area (TPSA) is 73.1 Å². The predicted octanol–water partition coefficient (Wildman–Crippen LogP) is 6.82. The molecule has 0 unspecified atom stereocenters. The fraction of sp³-hybridized carbons (Fsp3) is 0.0303. The largest absolute Gasteiger partial charge is 0.485 e. The van der Waals surface area contributed by atoms with Crippen molar-refractivity contribution in [3.63, 3.8) is 0 Å². The highest BCUT2D eigenvalue weighted by molar-refractivity contribution is 8.08. The number of carbonyl (C=O) groups excluding carboxylic acids is 1. The van der Waals surface area contributed by atoms with Crippen molar-refractivity contribution in [1.82, 2.24) is 19.9 Å². The molecule has 1 aliphatic heterocycles. The third-order valence-corrected chi connectivity index (χ3v) is 7.88. The summed E-state index contributed by atoms with van der Waals surface area (Å²) < 4.78 is 8.09. The molecule has 0 N–H and O–H groups in total. The molecule has 0 saturated carbocycles. The van der Waals surface area contributed by atoms with Gasteiger partial charge in [-0.05, 0) is 40.9 Å². The molecule has 0 atom stereocenters. The van der Waals surface area contributed by atoms with E-state index in [-0.39, 0.29) is 12.5 Å². The van der Waals surface area contributed by atoms with Gasteiger partial charge in [0.05, 0.1) is 5.70 Å². The van der Waals surface area contributed by atoms with Gasteiger partial charge in [0.25, 0.3) is 5.91 Å². The number of benzene rings is 4. The van der Waals surface area contributed by atoms with Crippen molar-refractivity contribution < 1.29 is 9.53 Å². The van der Waals surface area contributed by atoms with Crippen LogP contribution in [0.3, 0.4) is 0 Å². The summed E-state index contributed by atoms with van der Waals surface area (Å²) in [5.41, 5.74) is 3.10. The van der Waals surface area contributed by atoms with E-state index in [1.165, 1.54) is 11.8 Å². The highest BCUT2D eigenvalue weighted by Gasteiger charge is 2.36. The molecule has 8 heteroatoms. The lowest BCUT2D eigenvalue weighted by molar-refractivity contribution is 0.0971. The summed E-state index contributed by atoms with van der Waals surface area (Å²) in [6.45, 7) is 0.116. The Morgan fingerprint density at radius 1 is 0.732 bits per heavy atom. The SMILES string of the molecule is O=C(c1ccncc1)N1C(c2ccccc2)=C(c2ccccc2)Sc2nnc(COc3cccc4ccccc34)n21. The molecule has 0 fully saturated rings. The van der Waals surface area contributed by atoms with Crippen LogP contribution in [0, 0.1) is 0 Å². The molecular formula is C33H23N5O2S. The van der Waals surface area contributed by atoms with Crippen LogP contribution >= 0.6 is 11.8 Å². The number of hydrogen-bond acceptors (Lipinski definition) is 6. The smallest absolute Gasteiger partial charge is 0.277 e. The molecule has 198 valence electrons. The molecule has 3 heterocycles. The van der Waals surface area contributed by atoms with Crippen LogP contribution in [0.15, 0.2) is 133 Å². The van der Waals surface area contributed by atoms with Gasteiger partial charge in [-0.25, -0.2) is 9.69 Å². The van der Waals surface area contributed by atoms with Crippen LogP contribution in [0.1, 0.15) is 27.3 Å². The number of carbonyl (C=O) groups is 1. The van der Waals surface area contributed by atoms with Gasteiger partial charge in [-0.1, -0.05) is 97.1 Å². The normalized spacial score (nSPS) is 12.8. The van der Waals surface area contributed by atoms with Gasteiger partial charge in [0.1, 0.15) is 12.4 Å². The lowest BCUT2D eigenvalue weighted by atomic mass is 10.1. The zero-order chi connectivity index (χ0) is 27.6. The average Bonchev–Trinajstić information content (AvgIpc) is 3.46. The zero-order valence-electron chi connectivity index (χ0n) is 21.8. The van der Waals surface area contributed by atoms with E-state index in [1.54, 1.807) is 34.2 Å². The lowest BCUT2D eigenvalue weighted by Crippen LogP contribution is -2.42. The summed E-state index contributed by atoms with van der Waals surface area (Å²) in [6, 6.07) is 37.4. The van der Waals surface area contributed by atoms with E-state index < -0.39 is 0 Å². The van der Waals surface area contributed by atoms with Crippen molar-refractivity contribution in [1.29, 1.82) is 0 Å². The van der Waals surface area contributed by atoms with Crippen LogP contribution in [-0.2, 0) is 6.61 Å². The van der Waals surface area contributed by atoms with Crippen molar-refractivity contribution >= 4 is 39.0 Å². The van der Waals surface area contributed by atoms with Crippen molar-refractivity contribution in [2.75, 3.05) is 5.01 Å². The number of amides is 1. The number of nitrogens with zero attached hydrogens (tertiary/aromatic N) is 5. The van der Waals surface area contributed by atoms with Crippen molar-refractivity contribution in [3.05, 3.63) is 150 Å². The Labute approximate surface area is 240 Å². The number of pyridine rings is 1. The number of rotatable bonds is 6. The van der Waals surface area contributed by atoms with Crippen molar-refractivity contribution in [2.24, 2.45) is 0 Å². The van der Waals surface area contributed by atoms with Gasteiger partial charge in [0.15, 0.2) is 5.82 Å². The Morgan fingerprint density at radius 3 is 2.20 bits per heavy atom. The fourth-order valence-electron chi connectivity index (χ4n) is 4.89. The van der Waals surface area contributed by atoms with Crippen LogP contribution in [0.25, 0.3) is 21.4 Å². The van der Waals surface area contributed by atoms with E-state index in [1.807, 2.05) is 91.0 Å². The third-order valence-electron chi connectivity index (χ3n) is 6.81. The summed E-state index contributed by atoms with van der Waals surface area (Å²) in [4.78, 5) is 19.4. The van der Waals surface area contributed by atoms with E-state index in [0.717, 1.165) is 38.3 Å². The van der Waals surface area contributed by atoms with Crippen LogP contribution in [0.4, 0.5) is 0 Å². The van der Waals surface area contributed by atoms with E-state index in [4.69, 9.17) is 4.74 Å². The first-order valence-corrected chi connectivity index (χ1v) is 13.9. The molecule has 0 spiro atoms. The number of aromatic nitrogens is 4. The Hall–Kier alpha value is -5.21. The first-order valence-electron chi connectivity index (χ1n) is 13.1. The Balaban J connectivity index is 1.38. The number of thioether (sulfide) groups is 1. The molecule has 7 rings (SSSR count).